The first kappa shape index (κ1) is 20.4. The van der Waals surface area contributed by atoms with Crippen molar-refractivity contribution < 1.29 is 12.8 Å². The Kier molecular flexibility index (Phi) is 5.25. The number of aryl methyl sites for hydroxylation is 1. The van der Waals surface area contributed by atoms with Gasteiger partial charge in [0.15, 0.2) is 0 Å². The first-order valence-corrected chi connectivity index (χ1v) is 14.1. The molecule has 0 saturated heterocycles. The van der Waals surface area contributed by atoms with E-state index in [1.807, 2.05) is 26.0 Å². The SMILES string of the molecule is Cc1ccc(S(=O)(=O)n2c(C(C)c3ccc([Si](C)(C)C)cc3)coc2=O)cc1. The molecule has 28 heavy (non-hydrogen) atoms. The normalized spacial score (nSPS) is 13.5. The van der Waals surface area contributed by atoms with Gasteiger partial charge in [-0.15, -0.1) is 0 Å². The summed E-state index contributed by atoms with van der Waals surface area (Å²) < 4.78 is 31.9. The fourth-order valence-electron chi connectivity index (χ4n) is 3.08. The summed E-state index contributed by atoms with van der Waals surface area (Å²) >= 11 is 0. The van der Waals surface area contributed by atoms with Crippen LogP contribution in [0.25, 0.3) is 0 Å². The second-order valence-electron chi connectivity index (χ2n) is 8.10. The van der Waals surface area contributed by atoms with E-state index in [0.717, 1.165) is 15.1 Å². The minimum Gasteiger partial charge on any atom is -0.415 e. The van der Waals surface area contributed by atoms with Gasteiger partial charge in [0.2, 0.25) is 0 Å². The van der Waals surface area contributed by atoms with Crippen molar-refractivity contribution in [3.63, 3.8) is 0 Å². The van der Waals surface area contributed by atoms with Crippen LogP contribution < -0.4 is 10.9 Å². The average Bonchev–Trinajstić information content (AvgIpc) is 3.03. The van der Waals surface area contributed by atoms with E-state index in [0.29, 0.717) is 5.69 Å². The highest BCUT2D eigenvalue weighted by Gasteiger charge is 2.27. The number of nitrogens with zero attached hydrogens (tertiary/aromatic N) is 1. The Balaban J connectivity index is 2.05. The van der Waals surface area contributed by atoms with Gasteiger partial charge in [-0.3, -0.25) is 0 Å². The molecule has 0 aliphatic heterocycles. The quantitative estimate of drug-likeness (QED) is 0.596. The Hall–Kier alpha value is -2.38. The molecule has 0 aliphatic carbocycles. The van der Waals surface area contributed by atoms with E-state index in [2.05, 4.69) is 31.8 Å². The average molecular weight is 416 g/mol. The molecule has 0 fully saturated rings. The van der Waals surface area contributed by atoms with Crippen molar-refractivity contribution in [3.05, 3.63) is 82.2 Å². The highest BCUT2D eigenvalue weighted by molar-refractivity contribution is 7.90. The summed E-state index contributed by atoms with van der Waals surface area (Å²) in [4.78, 5) is 12.3. The largest absolute Gasteiger partial charge is 0.433 e. The zero-order valence-electron chi connectivity index (χ0n) is 16.8. The molecule has 5 nitrogen and oxygen atoms in total. The third kappa shape index (κ3) is 3.77. The van der Waals surface area contributed by atoms with Gasteiger partial charge in [-0.25, -0.2) is 13.2 Å². The van der Waals surface area contributed by atoms with Gasteiger partial charge >= 0.3 is 5.76 Å². The third-order valence-corrected chi connectivity index (χ3v) is 8.73. The van der Waals surface area contributed by atoms with E-state index in [9.17, 15) is 13.2 Å². The molecule has 0 aliphatic rings. The fraction of sp³-hybridized carbons (Fsp3) is 0.286. The molecule has 0 radical (unpaired) electrons. The van der Waals surface area contributed by atoms with Crippen LogP contribution in [-0.4, -0.2) is 20.5 Å². The van der Waals surface area contributed by atoms with Crippen molar-refractivity contribution in [2.24, 2.45) is 0 Å². The van der Waals surface area contributed by atoms with Gasteiger partial charge in [0.25, 0.3) is 10.0 Å². The van der Waals surface area contributed by atoms with Crippen LogP contribution in [0.2, 0.25) is 19.6 Å². The molecule has 0 amide bonds. The standard InChI is InChI=1S/C21H25NO4SSi/c1-15-6-10-18(11-7-15)27(24,25)22-20(14-26-21(22)23)16(2)17-8-12-19(13-9-17)28(3,4)5/h6-14,16H,1-5H3. The number of benzene rings is 2. The van der Waals surface area contributed by atoms with E-state index < -0.39 is 23.9 Å². The molecule has 2 aromatic carbocycles. The number of hydrogen-bond acceptors (Lipinski definition) is 4. The van der Waals surface area contributed by atoms with Crippen LogP contribution in [0.4, 0.5) is 0 Å². The monoisotopic (exact) mass is 415 g/mol. The Morgan fingerprint density at radius 2 is 1.54 bits per heavy atom. The van der Waals surface area contributed by atoms with E-state index in [1.165, 1.54) is 23.6 Å². The predicted octanol–water partition coefficient (Wildman–Crippen LogP) is 3.68. The van der Waals surface area contributed by atoms with Gasteiger partial charge < -0.3 is 4.42 Å². The Labute approximate surface area is 166 Å². The lowest BCUT2D eigenvalue weighted by molar-refractivity contribution is 0.503. The Morgan fingerprint density at radius 3 is 2.07 bits per heavy atom. The number of rotatable bonds is 5. The lowest BCUT2D eigenvalue weighted by Crippen LogP contribution is -2.37. The zero-order chi connectivity index (χ0) is 20.7. The predicted molar refractivity (Wildman–Crippen MR) is 114 cm³/mol. The van der Waals surface area contributed by atoms with Crippen LogP contribution in [0.15, 0.2) is 68.9 Å². The van der Waals surface area contributed by atoms with Gasteiger partial charge in [-0.1, -0.05) is 73.7 Å². The number of aromatic nitrogens is 1. The Bertz CT molecular complexity index is 1130. The molecule has 1 unspecified atom stereocenters. The molecule has 0 N–H and O–H groups in total. The van der Waals surface area contributed by atoms with Crippen molar-refractivity contribution in [1.29, 1.82) is 0 Å². The number of hydrogen-bond donors (Lipinski definition) is 0. The van der Waals surface area contributed by atoms with Gasteiger partial charge in [0.1, 0.15) is 6.26 Å². The summed E-state index contributed by atoms with van der Waals surface area (Å²) in [5.41, 5.74) is 2.18. The molecular weight excluding hydrogens is 390 g/mol. The van der Waals surface area contributed by atoms with Gasteiger partial charge in [0.05, 0.1) is 18.7 Å². The molecule has 3 aromatic rings. The van der Waals surface area contributed by atoms with E-state index in [1.54, 1.807) is 12.1 Å². The van der Waals surface area contributed by atoms with Gasteiger partial charge in [-0.2, -0.15) is 3.97 Å². The second-order valence-corrected chi connectivity index (χ2v) is 15.0. The van der Waals surface area contributed by atoms with Crippen molar-refractivity contribution in [3.8, 4) is 0 Å². The minimum absolute atomic E-state index is 0.0594. The summed E-state index contributed by atoms with van der Waals surface area (Å²) in [5.74, 6) is -1.22. The van der Waals surface area contributed by atoms with E-state index in [4.69, 9.17) is 4.42 Å². The molecule has 0 saturated carbocycles. The Morgan fingerprint density at radius 1 is 0.964 bits per heavy atom. The molecule has 1 heterocycles. The van der Waals surface area contributed by atoms with Crippen molar-refractivity contribution in [2.75, 3.05) is 0 Å². The lowest BCUT2D eigenvalue weighted by atomic mass is 9.99. The number of oxazole rings is 1. The molecule has 0 spiro atoms. The molecule has 148 valence electrons. The zero-order valence-corrected chi connectivity index (χ0v) is 18.6. The molecule has 1 aromatic heterocycles. The fourth-order valence-corrected chi connectivity index (χ4v) is 5.66. The van der Waals surface area contributed by atoms with Crippen LogP contribution in [0, 0.1) is 6.92 Å². The van der Waals surface area contributed by atoms with E-state index >= 15 is 0 Å². The smallest absolute Gasteiger partial charge is 0.415 e. The summed E-state index contributed by atoms with van der Waals surface area (Å²) in [7, 11) is -5.47. The minimum atomic E-state index is -4.04. The first-order valence-electron chi connectivity index (χ1n) is 9.15. The lowest BCUT2D eigenvalue weighted by Gasteiger charge is -2.19. The third-order valence-electron chi connectivity index (χ3n) is 4.96. The molecule has 0 bridgehead atoms. The summed E-state index contributed by atoms with van der Waals surface area (Å²) in [6.45, 7) is 10.6. The van der Waals surface area contributed by atoms with Crippen LogP contribution in [0.5, 0.6) is 0 Å². The van der Waals surface area contributed by atoms with Crippen LogP contribution in [0.1, 0.15) is 29.7 Å². The maximum atomic E-state index is 13.1. The van der Waals surface area contributed by atoms with Crippen LogP contribution >= 0.6 is 0 Å². The van der Waals surface area contributed by atoms with Crippen LogP contribution in [0.3, 0.4) is 0 Å². The highest BCUT2D eigenvalue weighted by atomic mass is 32.2. The van der Waals surface area contributed by atoms with E-state index in [-0.39, 0.29) is 10.8 Å². The maximum Gasteiger partial charge on any atom is 0.433 e. The van der Waals surface area contributed by atoms with Crippen LogP contribution in [-0.2, 0) is 10.0 Å². The molecule has 7 heteroatoms. The molecular formula is C21H25NO4SSi. The summed E-state index contributed by atoms with van der Waals surface area (Å²) in [5, 5.41) is 1.32. The van der Waals surface area contributed by atoms with Crippen molar-refractivity contribution >= 4 is 23.3 Å². The first-order chi connectivity index (χ1) is 13.0. The van der Waals surface area contributed by atoms with Gasteiger partial charge in [0, 0.05) is 5.92 Å². The van der Waals surface area contributed by atoms with Gasteiger partial charge in [-0.05, 0) is 24.6 Å². The van der Waals surface area contributed by atoms with Crippen molar-refractivity contribution in [2.45, 2.75) is 44.3 Å². The highest BCUT2D eigenvalue weighted by Crippen LogP contribution is 2.26. The maximum absolute atomic E-state index is 13.1. The molecule has 3 rings (SSSR count). The van der Waals surface area contributed by atoms with Crippen molar-refractivity contribution in [1.82, 2.24) is 3.97 Å². The summed E-state index contributed by atoms with van der Waals surface area (Å²) in [6.07, 6.45) is 1.24. The second kappa shape index (κ2) is 7.22. The topological polar surface area (TPSA) is 69.3 Å². The summed E-state index contributed by atoms with van der Waals surface area (Å²) in [6, 6.07) is 14.6. The molecule has 1 atom stereocenters.